The third kappa shape index (κ3) is 14.3. The molecule has 0 fully saturated rings. The maximum Gasteiger partial charge on any atom is 0.137 e. The second kappa shape index (κ2) is 17.4. The average Bonchev–Trinajstić information content (AvgIpc) is 2.76. The summed E-state index contributed by atoms with van der Waals surface area (Å²) in [7, 11) is 0. The second-order valence-corrected chi connectivity index (χ2v) is 7.04. The molecular weight excluding hydrogens is 400 g/mol. The van der Waals surface area contributed by atoms with Gasteiger partial charge >= 0.3 is 0 Å². The quantitative estimate of drug-likeness (QED) is 0.119. The smallest absolute Gasteiger partial charge is 0.137 e. The Morgan fingerprint density at radius 1 is 0.871 bits per heavy atom. The number of hydrogen-bond acceptors (Lipinski definition) is 9. The number of anilines is 1. The molecule has 0 saturated carbocycles. The number of rotatable bonds is 18. The van der Waals surface area contributed by atoms with Crippen LogP contribution in [0.2, 0.25) is 0 Å². The number of Topliss-reactive ketones (excluding diaryl/α,β-unsaturated/α-hetero) is 1. The molecule has 1 aromatic carbocycles. The average molecular weight is 437 g/mol. The Hall–Kier alpha value is -2.33. The summed E-state index contributed by atoms with van der Waals surface area (Å²) >= 11 is 0. The van der Waals surface area contributed by atoms with Crippen molar-refractivity contribution >= 4 is 29.1 Å². The molecule has 0 unspecified atom stereocenters. The number of carbonyl (C=O) groups excluding carboxylic acids is 1. The zero-order chi connectivity index (χ0) is 22.7. The highest BCUT2D eigenvalue weighted by Gasteiger charge is 2.06. The first-order valence-corrected chi connectivity index (χ1v) is 10.5. The van der Waals surface area contributed by atoms with Crippen LogP contribution in [0.3, 0.4) is 0 Å². The molecule has 0 aliphatic rings. The zero-order valence-electron chi connectivity index (χ0n) is 18.6. The summed E-state index contributed by atoms with van der Waals surface area (Å²) in [5.74, 6) is 5.67. The third-order valence-corrected chi connectivity index (χ3v) is 4.18. The van der Waals surface area contributed by atoms with Crippen LogP contribution in [-0.2, 0) is 23.7 Å². The van der Waals surface area contributed by atoms with E-state index in [2.05, 4.69) is 10.1 Å². The van der Waals surface area contributed by atoms with Gasteiger partial charge in [0.2, 0.25) is 0 Å². The van der Waals surface area contributed by atoms with Crippen molar-refractivity contribution in [2.75, 3.05) is 58.6 Å². The maximum atomic E-state index is 11.4. The molecule has 0 aliphatic carbocycles. The zero-order valence-corrected chi connectivity index (χ0v) is 18.6. The molecule has 1 rings (SSSR count). The Kier molecular flexibility index (Phi) is 15.0. The Morgan fingerprint density at radius 3 is 1.84 bits per heavy atom. The summed E-state index contributed by atoms with van der Waals surface area (Å²) in [4.78, 5) is 15.7. The van der Waals surface area contributed by atoms with E-state index in [0.717, 1.165) is 5.69 Å². The van der Waals surface area contributed by atoms with E-state index in [9.17, 15) is 4.79 Å². The number of ketones is 1. The van der Waals surface area contributed by atoms with Crippen molar-refractivity contribution in [3.8, 4) is 0 Å². The Balaban J connectivity index is 1.92. The minimum Gasteiger partial charge on any atom is -0.399 e. The highest BCUT2D eigenvalue weighted by Crippen LogP contribution is 2.13. The topological polar surface area (TPSA) is 131 Å². The van der Waals surface area contributed by atoms with Crippen LogP contribution in [0.4, 0.5) is 11.4 Å². The SMILES string of the molecule is CC(C)C(=O)CCOCCOCCOCCOCCC(C=Nc1ccc(N)cc1)=NN. The number of hydrogen-bond donors (Lipinski definition) is 2. The van der Waals surface area contributed by atoms with Gasteiger partial charge in [-0.3, -0.25) is 9.79 Å². The summed E-state index contributed by atoms with van der Waals surface area (Å²) in [5, 5.41) is 3.72. The largest absolute Gasteiger partial charge is 0.399 e. The van der Waals surface area contributed by atoms with Crippen LogP contribution in [0.15, 0.2) is 34.4 Å². The molecule has 9 heteroatoms. The molecule has 4 N–H and O–H groups in total. The van der Waals surface area contributed by atoms with Crippen LogP contribution < -0.4 is 11.6 Å². The molecule has 0 bridgehead atoms. The van der Waals surface area contributed by atoms with Gasteiger partial charge in [0.05, 0.1) is 70.5 Å². The van der Waals surface area contributed by atoms with Gasteiger partial charge < -0.3 is 30.5 Å². The molecule has 0 heterocycles. The molecule has 174 valence electrons. The van der Waals surface area contributed by atoms with Crippen LogP contribution in [0.1, 0.15) is 26.7 Å². The lowest BCUT2D eigenvalue weighted by Crippen LogP contribution is -2.14. The molecule has 0 aromatic heterocycles. The maximum absolute atomic E-state index is 11.4. The Bertz CT molecular complexity index is 662. The van der Waals surface area contributed by atoms with Gasteiger partial charge in [-0.25, -0.2) is 0 Å². The Morgan fingerprint density at radius 2 is 1.35 bits per heavy atom. The monoisotopic (exact) mass is 436 g/mol. The van der Waals surface area contributed by atoms with Gasteiger partial charge in [0.25, 0.3) is 0 Å². The predicted molar refractivity (Wildman–Crippen MR) is 123 cm³/mol. The minimum atomic E-state index is 0.0611. The molecule has 0 amide bonds. The number of nitrogens with zero attached hydrogens (tertiary/aromatic N) is 2. The van der Waals surface area contributed by atoms with E-state index in [1.54, 1.807) is 18.3 Å². The van der Waals surface area contributed by atoms with Crippen LogP contribution in [-0.4, -0.2) is 70.6 Å². The number of nitrogen functional groups attached to an aromatic ring is 1. The van der Waals surface area contributed by atoms with Crippen LogP contribution in [0.5, 0.6) is 0 Å². The van der Waals surface area contributed by atoms with Gasteiger partial charge in [-0.2, -0.15) is 5.10 Å². The van der Waals surface area contributed by atoms with Crippen molar-refractivity contribution in [1.82, 2.24) is 0 Å². The molecule has 31 heavy (non-hydrogen) atoms. The molecule has 1 aromatic rings. The van der Waals surface area contributed by atoms with Crippen molar-refractivity contribution in [3.63, 3.8) is 0 Å². The van der Waals surface area contributed by atoms with Gasteiger partial charge in [0.15, 0.2) is 0 Å². The first kappa shape index (κ1) is 26.7. The van der Waals surface area contributed by atoms with E-state index in [1.165, 1.54) is 0 Å². The second-order valence-electron chi connectivity index (χ2n) is 7.04. The van der Waals surface area contributed by atoms with E-state index in [0.29, 0.717) is 77.1 Å². The van der Waals surface area contributed by atoms with Crippen molar-refractivity contribution in [1.29, 1.82) is 0 Å². The van der Waals surface area contributed by atoms with E-state index >= 15 is 0 Å². The molecule has 0 spiro atoms. The van der Waals surface area contributed by atoms with E-state index in [1.807, 2.05) is 26.0 Å². The highest BCUT2D eigenvalue weighted by atomic mass is 16.6. The fourth-order valence-electron chi connectivity index (χ4n) is 2.27. The number of aliphatic imine (C=N–C) groups is 1. The lowest BCUT2D eigenvalue weighted by atomic mass is 10.1. The van der Waals surface area contributed by atoms with Gasteiger partial charge in [-0.05, 0) is 24.3 Å². The number of carbonyl (C=O) groups is 1. The highest BCUT2D eigenvalue weighted by molar-refractivity contribution is 6.31. The molecule has 0 atom stereocenters. The fraction of sp³-hybridized carbons (Fsp3) is 0.591. The van der Waals surface area contributed by atoms with Crippen molar-refractivity contribution < 1.29 is 23.7 Å². The van der Waals surface area contributed by atoms with Crippen molar-refractivity contribution in [2.45, 2.75) is 26.7 Å². The third-order valence-electron chi connectivity index (χ3n) is 4.18. The van der Waals surface area contributed by atoms with E-state index in [-0.39, 0.29) is 11.7 Å². The van der Waals surface area contributed by atoms with Crippen LogP contribution in [0.25, 0.3) is 0 Å². The van der Waals surface area contributed by atoms with Gasteiger partial charge in [0.1, 0.15) is 5.78 Å². The molecule has 0 radical (unpaired) electrons. The van der Waals surface area contributed by atoms with Crippen LogP contribution >= 0.6 is 0 Å². The molecule has 9 nitrogen and oxygen atoms in total. The Labute approximate surface area is 184 Å². The number of benzene rings is 1. The van der Waals surface area contributed by atoms with Crippen molar-refractivity contribution in [3.05, 3.63) is 24.3 Å². The standard InChI is InChI=1S/C22H36N4O5/c1-18(2)22(27)8-10-29-12-14-31-16-15-30-13-11-28-9-7-21(26-24)17-25-20-5-3-19(23)4-6-20/h3-6,17-18H,7-16,23-24H2,1-2H3. The normalized spacial score (nSPS) is 12.2. The van der Waals surface area contributed by atoms with Crippen LogP contribution in [0, 0.1) is 5.92 Å². The van der Waals surface area contributed by atoms with Crippen molar-refractivity contribution in [2.24, 2.45) is 21.9 Å². The molecular formula is C22H36N4O5. The molecule has 0 saturated heterocycles. The summed E-state index contributed by atoms with van der Waals surface area (Å²) in [6, 6.07) is 7.21. The number of ether oxygens (including phenoxy) is 4. The first-order chi connectivity index (χ1) is 15.0. The lowest BCUT2D eigenvalue weighted by molar-refractivity contribution is -0.123. The molecule has 0 aliphatic heterocycles. The number of nitrogens with two attached hydrogens (primary N) is 2. The predicted octanol–water partition coefficient (Wildman–Crippen LogP) is 2.36. The van der Waals surface area contributed by atoms with Gasteiger partial charge in [-0.1, -0.05) is 13.8 Å². The minimum absolute atomic E-state index is 0.0611. The van der Waals surface area contributed by atoms with E-state index < -0.39 is 0 Å². The fourth-order valence-corrected chi connectivity index (χ4v) is 2.27. The first-order valence-electron chi connectivity index (χ1n) is 10.5. The summed E-state index contributed by atoms with van der Waals surface area (Å²) < 4.78 is 21.7. The number of hydrazone groups is 1. The summed E-state index contributed by atoms with van der Waals surface area (Å²) in [6.45, 7) is 7.57. The van der Waals surface area contributed by atoms with E-state index in [4.69, 9.17) is 30.5 Å². The van der Waals surface area contributed by atoms with Gasteiger partial charge in [-0.15, -0.1) is 0 Å². The summed E-state index contributed by atoms with van der Waals surface area (Å²) in [5.41, 5.74) is 7.75. The summed E-state index contributed by atoms with van der Waals surface area (Å²) in [6.07, 6.45) is 2.63. The lowest BCUT2D eigenvalue weighted by Gasteiger charge is -2.08. The van der Waals surface area contributed by atoms with Gasteiger partial charge in [0, 0.05) is 24.4 Å².